The SMILES string of the molecule is CC(CN)CNC(=O)CSCc1nc2sc3c(c2c(=O)[nH]1)CCCC3.Cl. The smallest absolute Gasteiger partial charge is 0.259 e. The molecular formula is C17H25ClN4O2S2. The summed E-state index contributed by atoms with van der Waals surface area (Å²) in [7, 11) is 0. The Hall–Kier alpha value is -1.09. The first-order valence-corrected chi connectivity index (χ1v) is 10.6. The standard InChI is InChI=1S/C17H24N4O2S2.ClH/c1-10(6-18)7-19-14(22)9-24-8-13-20-16(23)15-11-4-2-3-5-12(11)25-17(15)21-13;/h10H,2-9,18H2,1H3,(H,19,22)(H,20,21,23);1H. The van der Waals surface area contributed by atoms with Crippen LogP contribution >= 0.6 is 35.5 Å². The Balaban J connectivity index is 0.00000243. The van der Waals surface area contributed by atoms with Crippen molar-refractivity contribution in [3.8, 4) is 0 Å². The fourth-order valence-corrected chi connectivity index (χ4v) is 4.94. The van der Waals surface area contributed by atoms with E-state index in [2.05, 4.69) is 15.3 Å². The molecule has 26 heavy (non-hydrogen) atoms. The third-order valence-corrected chi connectivity index (χ3v) is 6.53. The summed E-state index contributed by atoms with van der Waals surface area (Å²) in [5, 5.41) is 3.64. The molecule has 0 saturated heterocycles. The predicted molar refractivity (Wildman–Crippen MR) is 112 cm³/mol. The highest BCUT2D eigenvalue weighted by molar-refractivity contribution is 7.99. The number of carbonyl (C=O) groups excluding carboxylic acids is 1. The van der Waals surface area contributed by atoms with E-state index in [4.69, 9.17) is 5.73 Å². The number of nitrogens with one attached hydrogen (secondary N) is 2. The highest BCUT2D eigenvalue weighted by atomic mass is 35.5. The molecular weight excluding hydrogens is 392 g/mol. The normalized spacial score (nSPS) is 14.5. The number of aromatic nitrogens is 2. The monoisotopic (exact) mass is 416 g/mol. The second kappa shape index (κ2) is 9.73. The highest BCUT2D eigenvalue weighted by Gasteiger charge is 2.19. The van der Waals surface area contributed by atoms with Crippen LogP contribution in [0, 0.1) is 5.92 Å². The maximum atomic E-state index is 12.5. The molecule has 0 saturated carbocycles. The number of hydrogen-bond donors (Lipinski definition) is 3. The summed E-state index contributed by atoms with van der Waals surface area (Å²) < 4.78 is 0. The van der Waals surface area contributed by atoms with Crippen LogP contribution in [0.1, 0.15) is 36.0 Å². The van der Waals surface area contributed by atoms with Crippen LogP contribution in [0.2, 0.25) is 0 Å². The maximum Gasteiger partial charge on any atom is 0.259 e. The Bertz CT molecular complexity index is 821. The van der Waals surface area contributed by atoms with Gasteiger partial charge in [0.25, 0.3) is 5.56 Å². The summed E-state index contributed by atoms with van der Waals surface area (Å²) >= 11 is 3.10. The Labute approximate surface area is 167 Å². The molecule has 2 heterocycles. The van der Waals surface area contributed by atoms with Gasteiger partial charge >= 0.3 is 0 Å². The lowest BCUT2D eigenvalue weighted by Gasteiger charge is -2.10. The summed E-state index contributed by atoms with van der Waals surface area (Å²) in [6, 6.07) is 0. The van der Waals surface area contributed by atoms with Gasteiger partial charge in [0, 0.05) is 11.4 Å². The highest BCUT2D eigenvalue weighted by Crippen LogP contribution is 2.33. The number of thiophene rings is 1. The minimum absolute atomic E-state index is 0. The van der Waals surface area contributed by atoms with E-state index < -0.39 is 0 Å². The molecule has 0 aromatic carbocycles. The molecule has 3 rings (SSSR count). The number of nitrogens with two attached hydrogens (primary N) is 1. The fraction of sp³-hybridized carbons (Fsp3) is 0.588. The van der Waals surface area contributed by atoms with Crippen molar-refractivity contribution < 1.29 is 4.79 Å². The Morgan fingerprint density at radius 2 is 2.19 bits per heavy atom. The summed E-state index contributed by atoms with van der Waals surface area (Å²) in [5.74, 6) is 1.77. The van der Waals surface area contributed by atoms with Crippen molar-refractivity contribution in [1.82, 2.24) is 15.3 Å². The molecule has 0 fully saturated rings. The van der Waals surface area contributed by atoms with Gasteiger partial charge in [0.2, 0.25) is 5.91 Å². The van der Waals surface area contributed by atoms with Gasteiger partial charge in [0.05, 0.1) is 16.9 Å². The fourth-order valence-electron chi connectivity index (χ4n) is 2.94. The number of carbonyl (C=O) groups is 1. The molecule has 1 amide bonds. The van der Waals surface area contributed by atoms with Crippen LogP contribution in [0.5, 0.6) is 0 Å². The summed E-state index contributed by atoms with van der Waals surface area (Å²) in [6.45, 7) is 3.15. The zero-order valence-electron chi connectivity index (χ0n) is 14.8. The summed E-state index contributed by atoms with van der Waals surface area (Å²) in [6.07, 6.45) is 4.38. The Morgan fingerprint density at radius 1 is 1.42 bits per heavy atom. The number of amides is 1. The Morgan fingerprint density at radius 3 is 2.96 bits per heavy atom. The van der Waals surface area contributed by atoms with Gasteiger partial charge in [0.15, 0.2) is 0 Å². The van der Waals surface area contributed by atoms with Crippen LogP contribution in [0.15, 0.2) is 4.79 Å². The summed E-state index contributed by atoms with van der Waals surface area (Å²) in [4.78, 5) is 33.9. The van der Waals surface area contributed by atoms with Gasteiger partial charge in [-0.25, -0.2) is 4.98 Å². The van der Waals surface area contributed by atoms with E-state index in [1.54, 1.807) is 11.3 Å². The number of fused-ring (bicyclic) bond motifs is 3. The van der Waals surface area contributed by atoms with Gasteiger partial charge in [-0.15, -0.1) is 35.5 Å². The predicted octanol–water partition coefficient (Wildman–Crippen LogP) is 2.23. The van der Waals surface area contributed by atoms with Crippen molar-refractivity contribution in [2.45, 2.75) is 38.4 Å². The minimum atomic E-state index is -0.0405. The lowest BCUT2D eigenvalue weighted by atomic mass is 9.97. The van der Waals surface area contributed by atoms with E-state index in [9.17, 15) is 9.59 Å². The van der Waals surface area contributed by atoms with Gasteiger partial charge in [-0.1, -0.05) is 6.92 Å². The molecule has 0 radical (unpaired) electrons. The first-order valence-electron chi connectivity index (χ1n) is 8.66. The summed E-state index contributed by atoms with van der Waals surface area (Å²) in [5.41, 5.74) is 6.69. The van der Waals surface area contributed by atoms with Gasteiger partial charge in [-0.05, 0) is 43.7 Å². The van der Waals surface area contributed by atoms with Crippen LogP contribution in [0.3, 0.4) is 0 Å². The van der Waals surface area contributed by atoms with E-state index in [1.165, 1.54) is 28.6 Å². The molecule has 144 valence electrons. The topological polar surface area (TPSA) is 101 Å². The van der Waals surface area contributed by atoms with E-state index in [-0.39, 0.29) is 29.8 Å². The van der Waals surface area contributed by atoms with Crippen molar-refractivity contribution in [2.75, 3.05) is 18.8 Å². The zero-order valence-corrected chi connectivity index (χ0v) is 17.2. The quantitative estimate of drug-likeness (QED) is 0.642. The lowest BCUT2D eigenvalue weighted by Crippen LogP contribution is -2.32. The molecule has 4 N–H and O–H groups in total. The van der Waals surface area contributed by atoms with Crippen LogP contribution in [0.4, 0.5) is 0 Å². The zero-order chi connectivity index (χ0) is 17.8. The average molecular weight is 417 g/mol. The number of aryl methyl sites for hydroxylation is 2. The number of nitrogens with zero attached hydrogens (tertiary/aromatic N) is 1. The van der Waals surface area contributed by atoms with E-state index in [0.29, 0.717) is 30.4 Å². The first-order chi connectivity index (χ1) is 12.1. The molecule has 0 bridgehead atoms. The number of halogens is 1. The molecule has 1 unspecified atom stereocenters. The van der Waals surface area contributed by atoms with Crippen molar-refractivity contribution in [3.05, 3.63) is 26.6 Å². The largest absolute Gasteiger partial charge is 0.355 e. The number of H-pyrrole nitrogens is 1. The van der Waals surface area contributed by atoms with Gasteiger partial charge < -0.3 is 16.0 Å². The van der Waals surface area contributed by atoms with Crippen LogP contribution in [-0.4, -0.2) is 34.7 Å². The maximum absolute atomic E-state index is 12.5. The number of aromatic amines is 1. The van der Waals surface area contributed by atoms with Crippen molar-refractivity contribution in [1.29, 1.82) is 0 Å². The van der Waals surface area contributed by atoms with Crippen molar-refractivity contribution >= 4 is 51.6 Å². The molecule has 0 aliphatic heterocycles. The Kier molecular flexibility index (Phi) is 7.94. The molecule has 1 aliphatic rings. The minimum Gasteiger partial charge on any atom is -0.355 e. The van der Waals surface area contributed by atoms with Gasteiger partial charge in [0.1, 0.15) is 10.7 Å². The molecule has 9 heteroatoms. The third kappa shape index (κ3) is 5.00. The van der Waals surface area contributed by atoms with Gasteiger partial charge in [-0.3, -0.25) is 9.59 Å². The van der Waals surface area contributed by atoms with Crippen molar-refractivity contribution in [3.63, 3.8) is 0 Å². The van der Waals surface area contributed by atoms with E-state index in [1.807, 2.05) is 6.92 Å². The van der Waals surface area contributed by atoms with Crippen LogP contribution in [-0.2, 0) is 23.4 Å². The molecule has 2 aromatic rings. The number of thioether (sulfide) groups is 1. The van der Waals surface area contributed by atoms with Crippen LogP contribution < -0.4 is 16.6 Å². The van der Waals surface area contributed by atoms with E-state index in [0.717, 1.165) is 29.5 Å². The van der Waals surface area contributed by atoms with Gasteiger partial charge in [-0.2, -0.15) is 0 Å². The van der Waals surface area contributed by atoms with E-state index >= 15 is 0 Å². The molecule has 6 nitrogen and oxygen atoms in total. The second-order valence-corrected chi connectivity index (χ2v) is 8.61. The second-order valence-electron chi connectivity index (χ2n) is 6.54. The first kappa shape index (κ1) is 21.2. The number of hydrogen-bond acceptors (Lipinski definition) is 6. The average Bonchev–Trinajstić information content (AvgIpc) is 2.98. The molecule has 0 spiro atoms. The molecule has 1 atom stereocenters. The van der Waals surface area contributed by atoms with Crippen LogP contribution in [0.25, 0.3) is 10.2 Å². The van der Waals surface area contributed by atoms with Crippen molar-refractivity contribution in [2.24, 2.45) is 11.7 Å². The molecule has 1 aliphatic carbocycles. The number of rotatable bonds is 7. The lowest BCUT2D eigenvalue weighted by molar-refractivity contribution is -0.118. The molecule has 2 aromatic heterocycles. The third-order valence-electron chi connectivity index (χ3n) is 4.40.